The zero-order chi connectivity index (χ0) is 9.80. The lowest BCUT2D eigenvalue weighted by Crippen LogP contribution is -2.11. The summed E-state index contributed by atoms with van der Waals surface area (Å²) >= 11 is 0. The van der Waals surface area contributed by atoms with Crippen LogP contribution < -0.4 is 10.1 Å². The minimum absolute atomic E-state index is 0.0600. The number of anilines is 1. The summed E-state index contributed by atoms with van der Waals surface area (Å²) in [4.78, 5) is 0. The lowest BCUT2D eigenvalue weighted by atomic mass is 10.0. The molecule has 0 atom stereocenters. The standard InChI is InChI=1S/C11H15NO2/c13-6-7-14-10-4-3-9-2-1-5-12-11(9)8-10/h3-4,8,12-13H,1-2,5-7H2. The Bertz CT molecular complexity index is 312. The molecule has 14 heavy (non-hydrogen) atoms. The Morgan fingerprint density at radius 1 is 1.43 bits per heavy atom. The molecule has 0 spiro atoms. The number of hydrogen-bond donors (Lipinski definition) is 2. The second-order valence-electron chi connectivity index (χ2n) is 3.42. The highest BCUT2D eigenvalue weighted by atomic mass is 16.5. The topological polar surface area (TPSA) is 41.5 Å². The molecular weight excluding hydrogens is 178 g/mol. The van der Waals surface area contributed by atoms with Gasteiger partial charge in [0.1, 0.15) is 12.4 Å². The van der Waals surface area contributed by atoms with E-state index in [0.29, 0.717) is 6.61 Å². The highest BCUT2D eigenvalue weighted by molar-refractivity contribution is 5.56. The molecule has 2 N–H and O–H groups in total. The lowest BCUT2D eigenvalue weighted by Gasteiger charge is -2.18. The van der Waals surface area contributed by atoms with Crippen LogP contribution in [0.15, 0.2) is 18.2 Å². The minimum atomic E-state index is 0.0600. The molecule has 3 nitrogen and oxygen atoms in total. The summed E-state index contributed by atoms with van der Waals surface area (Å²) in [5, 5.41) is 12.0. The van der Waals surface area contributed by atoms with Crippen molar-refractivity contribution >= 4 is 5.69 Å². The molecule has 0 saturated carbocycles. The fourth-order valence-corrected chi connectivity index (χ4v) is 1.69. The Hall–Kier alpha value is -1.22. The van der Waals surface area contributed by atoms with Gasteiger partial charge in [-0.3, -0.25) is 0 Å². The largest absolute Gasteiger partial charge is 0.491 e. The third-order valence-electron chi connectivity index (χ3n) is 2.38. The van der Waals surface area contributed by atoms with E-state index in [1.807, 2.05) is 12.1 Å². The normalized spacial score (nSPS) is 14.4. The highest BCUT2D eigenvalue weighted by Crippen LogP contribution is 2.26. The predicted octanol–water partition coefficient (Wildman–Crippen LogP) is 1.42. The molecule has 0 aliphatic carbocycles. The van der Waals surface area contributed by atoms with Crippen LogP contribution in [-0.2, 0) is 6.42 Å². The van der Waals surface area contributed by atoms with Crippen LogP contribution in [0.1, 0.15) is 12.0 Å². The van der Waals surface area contributed by atoms with Gasteiger partial charge in [-0.25, -0.2) is 0 Å². The number of aliphatic hydroxyl groups excluding tert-OH is 1. The molecule has 1 heterocycles. The fourth-order valence-electron chi connectivity index (χ4n) is 1.69. The molecule has 1 aliphatic heterocycles. The zero-order valence-electron chi connectivity index (χ0n) is 8.12. The maximum absolute atomic E-state index is 8.63. The van der Waals surface area contributed by atoms with E-state index in [4.69, 9.17) is 9.84 Å². The van der Waals surface area contributed by atoms with E-state index in [2.05, 4.69) is 11.4 Å². The van der Waals surface area contributed by atoms with Crippen molar-refractivity contribution in [2.24, 2.45) is 0 Å². The summed E-state index contributed by atoms with van der Waals surface area (Å²) in [7, 11) is 0. The molecule has 1 aliphatic rings. The zero-order valence-corrected chi connectivity index (χ0v) is 8.12. The second-order valence-corrected chi connectivity index (χ2v) is 3.42. The SMILES string of the molecule is OCCOc1ccc2c(c1)NCCC2. The Morgan fingerprint density at radius 2 is 2.36 bits per heavy atom. The molecular formula is C11H15NO2. The Labute approximate surface area is 83.7 Å². The van der Waals surface area contributed by atoms with Gasteiger partial charge < -0.3 is 15.2 Å². The molecule has 0 radical (unpaired) electrons. The first-order valence-corrected chi connectivity index (χ1v) is 5.00. The molecule has 0 bridgehead atoms. The average molecular weight is 193 g/mol. The van der Waals surface area contributed by atoms with E-state index >= 15 is 0 Å². The smallest absolute Gasteiger partial charge is 0.121 e. The summed E-state index contributed by atoms with van der Waals surface area (Å²) < 4.78 is 5.33. The predicted molar refractivity (Wildman–Crippen MR) is 55.8 cm³/mol. The lowest BCUT2D eigenvalue weighted by molar-refractivity contribution is 0.201. The summed E-state index contributed by atoms with van der Waals surface area (Å²) in [6, 6.07) is 6.06. The minimum Gasteiger partial charge on any atom is -0.491 e. The van der Waals surface area contributed by atoms with Gasteiger partial charge in [-0.05, 0) is 24.5 Å². The van der Waals surface area contributed by atoms with Crippen LogP contribution >= 0.6 is 0 Å². The molecule has 76 valence electrons. The van der Waals surface area contributed by atoms with E-state index in [-0.39, 0.29) is 6.61 Å². The maximum atomic E-state index is 8.63. The van der Waals surface area contributed by atoms with Gasteiger partial charge in [-0.2, -0.15) is 0 Å². The van der Waals surface area contributed by atoms with Crippen molar-refractivity contribution in [1.29, 1.82) is 0 Å². The maximum Gasteiger partial charge on any atom is 0.121 e. The van der Waals surface area contributed by atoms with Crippen LogP contribution in [0.25, 0.3) is 0 Å². The molecule has 1 aromatic carbocycles. The quantitative estimate of drug-likeness (QED) is 0.762. The van der Waals surface area contributed by atoms with Crippen molar-refractivity contribution in [3.8, 4) is 5.75 Å². The number of aryl methyl sites for hydroxylation is 1. The van der Waals surface area contributed by atoms with E-state index in [9.17, 15) is 0 Å². The monoisotopic (exact) mass is 193 g/mol. The number of nitrogens with one attached hydrogen (secondary N) is 1. The van der Waals surface area contributed by atoms with Gasteiger partial charge in [0, 0.05) is 18.3 Å². The van der Waals surface area contributed by atoms with Gasteiger partial charge in [-0.15, -0.1) is 0 Å². The number of rotatable bonds is 3. The number of fused-ring (bicyclic) bond motifs is 1. The molecule has 0 unspecified atom stereocenters. The number of benzene rings is 1. The summed E-state index contributed by atoms with van der Waals surface area (Å²) in [6.07, 6.45) is 2.34. The first-order chi connectivity index (χ1) is 6.90. The third-order valence-corrected chi connectivity index (χ3v) is 2.38. The molecule has 0 amide bonds. The van der Waals surface area contributed by atoms with Crippen molar-refractivity contribution in [2.45, 2.75) is 12.8 Å². The Morgan fingerprint density at radius 3 is 3.21 bits per heavy atom. The summed E-state index contributed by atoms with van der Waals surface area (Å²) in [6.45, 7) is 1.46. The van der Waals surface area contributed by atoms with Gasteiger partial charge >= 0.3 is 0 Å². The van der Waals surface area contributed by atoms with Gasteiger partial charge in [0.25, 0.3) is 0 Å². The Kier molecular flexibility index (Phi) is 2.89. The molecule has 0 aromatic heterocycles. The molecule has 1 aromatic rings. The van der Waals surface area contributed by atoms with E-state index in [1.54, 1.807) is 0 Å². The third kappa shape index (κ3) is 1.99. The van der Waals surface area contributed by atoms with E-state index < -0.39 is 0 Å². The van der Waals surface area contributed by atoms with Crippen molar-refractivity contribution in [2.75, 3.05) is 25.1 Å². The summed E-state index contributed by atoms with van der Waals surface area (Å²) in [5.74, 6) is 0.826. The number of aliphatic hydroxyl groups is 1. The first-order valence-electron chi connectivity index (χ1n) is 5.00. The van der Waals surface area contributed by atoms with Gasteiger partial charge in [0.2, 0.25) is 0 Å². The van der Waals surface area contributed by atoms with E-state index in [1.165, 1.54) is 17.7 Å². The van der Waals surface area contributed by atoms with E-state index in [0.717, 1.165) is 18.7 Å². The molecule has 3 heteroatoms. The van der Waals surface area contributed by atoms with Crippen LogP contribution in [-0.4, -0.2) is 24.9 Å². The van der Waals surface area contributed by atoms with Crippen molar-refractivity contribution in [3.63, 3.8) is 0 Å². The van der Waals surface area contributed by atoms with Crippen LogP contribution in [0.5, 0.6) is 5.75 Å². The van der Waals surface area contributed by atoms with Gasteiger partial charge in [0.15, 0.2) is 0 Å². The number of ether oxygens (including phenoxy) is 1. The Balaban J connectivity index is 2.12. The van der Waals surface area contributed by atoms with Crippen LogP contribution in [0.4, 0.5) is 5.69 Å². The van der Waals surface area contributed by atoms with Gasteiger partial charge in [0.05, 0.1) is 6.61 Å². The van der Waals surface area contributed by atoms with Crippen LogP contribution in [0.3, 0.4) is 0 Å². The van der Waals surface area contributed by atoms with Gasteiger partial charge in [-0.1, -0.05) is 6.07 Å². The van der Waals surface area contributed by atoms with Crippen LogP contribution in [0, 0.1) is 0 Å². The average Bonchev–Trinajstić information content (AvgIpc) is 2.26. The first kappa shape index (κ1) is 9.34. The molecule has 0 fully saturated rings. The second kappa shape index (κ2) is 4.33. The summed E-state index contributed by atoms with van der Waals surface area (Å²) in [5.41, 5.74) is 2.53. The fraction of sp³-hybridized carbons (Fsp3) is 0.455. The van der Waals surface area contributed by atoms with Crippen molar-refractivity contribution in [1.82, 2.24) is 0 Å². The highest BCUT2D eigenvalue weighted by Gasteiger charge is 2.08. The van der Waals surface area contributed by atoms with Crippen molar-refractivity contribution in [3.05, 3.63) is 23.8 Å². The van der Waals surface area contributed by atoms with Crippen LogP contribution in [0.2, 0.25) is 0 Å². The van der Waals surface area contributed by atoms with Crippen molar-refractivity contribution < 1.29 is 9.84 Å². The number of hydrogen-bond acceptors (Lipinski definition) is 3. The molecule has 0 saturated heterocycles. The molecule has 2 rings (SSSR count).